The zero-order valence-electron chi connectivity index (χ0n) is 10.8. The predicted octanol–water partition coefficient (Wildman–Crippen LogP) is 0.967. The summed E-state index contributed by atoms with van der Waals surface area (Å²) in [6, 6.07) is 0.209. The summed E-state index contributed by atoms with van der Waals surface area (Å²) in [5, 5.41) is 7.56. The van der Waals surface area contributed by atoms with Gasteiger partial charge in [-0.3, -0.25) is 0 Å². The van der Waals surface area contributed by atoms with Crippen LogP contribution in [0.25, 0.3) is 0 Å². The van der Waals surface area contributed by atoms with E-state index in [2.05, 4.69) is 27.3 Å². The minimum absolute atomic E-state index is 0.209. The van der Waals surface area contributed by atoms with Crippen molar-refractivity contribution in [3.63, 3.8) is 0 Å². The molecule has 1 aromatic heterocycles. The predicted molar refractivity (Wildman–Crippen MR) is 66.5 cm³/mol. The Hall–Kier alpha value is -1.14. The minimum atomic E-state index is 0.209. The fourth-order valence-corrected chi connectivity index (χ4v) is 2.63. The van der Waals surface area contributed by atoms with Crippen LogP contribution in [0.2, 0.25) is 0 Å². The molecule has 1 aromatic rings. The van der Waals surface area contributed by atoms with Crippen molar-refractivity contribution in [1.82, 2.24) is 15.5 Å². The van der Waals surface area contributed by atoms with Crippen LogP contribution in [-0.2, 0) is 4.74 Å². The molecule has 0 radical (unpaired) electrons. The number of aromatic nitrogens is 2. The molecule has 2 aliphatic heterocycles. The third-order valence-corrected chi connectivity index (χ3v) is 3.76. The van der Waals surface area contributed by atoms with Gasteiger partial charge in [0, 0.05) is 13.1 Å². The van der Waals surface area contributed by atoms with E-state index < -0.39 is 0 Å². The third-order valence-electron chi connectivity index (χ3n) is 3.76. The Morgan fingerprint density at radius 3 is 2.94 bits per heavy atom. The number of nitrogens with zero attached hydrogens (tertiary/aromatic N) is 3. The number of hydrogen-bond donors (Lipinski definition) is 1. The van der Waals surface area contributed by atoms with Gasteiger partial charge in [-0.1, -0.05) is 6.92 Å². The summed E-state index contributed by atoms with van der Waals surface area (Å²) in [5.41, 5.74) is 0. The van der Waals surface area contributed by atoms with Crippen molar-refractivity contribution in [3.05, 3.63) is 5.89 Å². The first kappa shape index (κ1) is 11.9. The van der Waals surface area contributed by atoms with Crippen molar-refractivity contribution in [2.75, 3.05) is 37.7 Å². The number of hydrogen-bond acceptors (Lipinski definition) is 6. The molecular formula is C12H20N4O2. The van der Waals surface area contributed by atoms with Gasteiger partial charge in [-0.25, -0.2) is 0 Å². The maximum Gasteiger partial charge on any atom is 0.266 e. The van der Waals surface area contributed by atoms with Crippen LogP contribution < -0.4 is 10.2 Å². The molecule has 3 rings (SSSR count). The average Bonchev–Trinajstić information content (AvgIpc) is 2.90. The van der Waals surface area contributed by atoms with Crippen LogP contribution in [0.1, 0.15) is 31.7 Å². The lowest BCUT2D eigenvalue weighted by molar-refractivity contribution is 0.121. The highest BCUT2D eigenvalue weighted by Crippen LogP contribution is 2.28. The van der Waals surface area contributed by atoms with Gasteiger partial charge in [-0.15, -0.1) is 0 Å². The van der Waals surface area contributed by atoms with Crippen LogP contribution in [0.5, 0.6) is 0 Å². The molecule has 2 aliphatic rings. The molecule has 2 saturated heterocycles. The quantitative estimate of drug-likeness (QED) is 0.846. The Balaban J connectivity index is 1.71. The molecule has 2 fully saturated rings. The minimum Gasteiger partial charge on any atom is -0.378 e. The Labute approximate surface area is 107 Å². The van der Waals surface area contributed by atoms with Gasteiger partial charge in [-0.2, -0.15) is 4.98 Å². The van der Waals surface area contributed by atoms with E-state index in [1.54, 1.807) is 0 Å². The Bertz CT molecular complexity index is 389. The number of nitrogens with one attached hydrogen (secondary N) is 1. The first-order chi connectivity index (χ1) is 8.84. The van der Waals surface area contributed by atoms with Gasteiger partial charge in [0.15, 0.2) is 0 Å². The van der Waals surface area contributed by atoms with E-state index in [-0.39, 0.29) is 6.04 Å². The number of anilines is 1. The van der Waals surface area contributed by atoms with Crippen LogP contribution in [0.4, 0.5) is 5.95 Å². The zero-order valence-corrected chi connectivity index (χ0v) is 10.8. The zero-order chi connectivity index (χ0) is 12.4. The highest BCUT2D eigenvalue weighted by atomic mass is 16.5. The molecule has 6 nitrogen and oxygen atoms in total. The molecule has 0 aliphatic carbocycles. The fourth-order valence-electron chi connectivity index (χ4n) is 2.63. The van der Waals surface area contributed by atoms with E-state index >= 15 is 0 Å². The first-order valence-corrected chi connectivity index (χ1v) is 6.74. The second-order valence-corrected chi connectivity index (χ2v) is 5.08. The third kappa shape index (κ3) is 2.35. The lowest BCUT2D eigenvalue weighted by atomic mass is 9.93. The Morgan fingerprint density at radius 1 is 1.33 bits per heavy atom. The smallest absolute Gasteiger partial charge is 0.266 e. The van der Waals surface area contributed by atoms with Gasteiger partial charge in [0.2, 0.25) is 5.89 Å². The van der Waals surface area contributed by atoms with Crippen molar-refractivity contribution in [2.45, 2.75) is 25.8 Å². The Kier molecular flexibility index (Phi) is 3.47. The number of morpholine rings is 1. The molecule has 2 atom stereocenters. The van der Waals surface area contributed by atoms with Crippen molar-refractivity contribution >= 4 is 5.95 Å². The van der Waals surface area contributed by atoms with Crippen molar-refractivity contribution in [2.24, 2.45) is 5.92 Å². The molecule has 18 heavy (non-hydrogen) atoms. The lowest BCUT2D eigenvalue weighted by Crippen LogP contribution is -2.37. The maximum absolute atomic E-state index is 5.42. The molecule has 2 unspecified atom stereocenters. The summed E-state index contributed by atoms with van der Waals surface area (Å²) < 4.78 is 10.7. The van der Waals surface area contributed by atoms with Crippen LogP contribution in [0.3, 0.4) is 0 Å². The largest absolute Gasteiger partial charge is 0.378 e. The van der Waals surface area contributed by atoms with Crippen LogP contribution in [-0.4, -0.2) is 43.0 Å². The van der Waals surface area contributed by atoms with Gasteiger partial charge >= 0.3 is 0 Å². The van der Waals surface area contributed by atoms with Gasteiger partial charge in [0.25, 0.3) is 5.95 Å². The molecule has 0 amide bonds. The Morgan fingerprint density at radius 2 is 2.17 bits per heavy atom. The molecule has 3 heterocycles. The van der Waals surface area contributed by atoms with Gasteiger partial charge in [-0.05, 0) is 30.5 Å². The van der Waals surface area contributed by atoms with E-state index in [0.29, 0.717) is 11.9 Å². The second-order valence-electron chi connectivity index (χ2n) is 5.08. The summed E-state index contributed by atoms with van der Waals surface area (Å²) in [5.74, 6) is 1.98. The van der Waals surface area contributed by atoms with Gasteiger partial charge in [0.1, 0.15) is 0 Å². The number of piperidine rings is 1. The summed E-state index contributed by atoms with van der Waals surface area (Å²) in [4.78, 5) is 6.65. The molecule has 1 N–H and O–H groups in total. The first-order valence-electron chi connectivity index (χ1n) is 6.74. The normalized spacial score (nSPS) is 29.5. The SMILES string of the molecule is CC1CCCNC1c1nc(N2CCOCC2)no1. The molecule has 0 spiro atoms. The van der Waals surface area contributed by atoms with E-state index in [1.807, 2.05) is 0 Å². The topological polar surface area (TPSA) is 63.4 Å². The molecule has 6 heteroatoms. The standard InChI is InChI=1S/C12H20N4O2/c1-9-3-2-4-13-10(9)11-14-12(15-18-11)16-5-7-17-8-6-16/h9-10,13H,2-8H2,1H3. The van der Waals surface area contributed by atoms with Crippen molar-refractivity contribution in [3.8, 4) is 0 Å². The highest BCUT2D eigenvalue weighted by molar-refractivity contribution is 5.28. The summed E-state index contributed by atoms with van der Waals surface area (Å²) in [6.07, 6.45) is 2.44. The van der Waals surface area contributed by atoms with E-state index in [1.165, 1.54) is 12.8 Å². The van der Waals surface area contributed by atoms with E-state index in [0.717, 1.165) is 38.7 Å². The van der Waals surface area contributed by atoms with E-state index in [4.69, 9.17) is 9.26 Å². The number of ether oxygens (including phenoxy) is 1. The highest BCUT2D eigenvalue weighted by Gasteiger charge is 2.28. The number of rotatable bonds is 2. The summed E-state index contributed by atoms with van der Waals surface area (Å²) >= 11 is 0. The molecule has 0 bridgehead atoms. The van der Waals surface area contributed by atoms with Crippen molar-refractivity contribution < 1.29 is 9.26 Å². The lowest BCUT2D eigenvalue weighted by Gasteiger charge is -2.27. The van der Waals surface area contributed by atoms with Crippen LogP contribution >= 0.6 is 0 Å². The average molecular weight is 252 g/mol. The van der Waals surface area contributed by atoms with Crippen molar-refractivity contribution in [1.29, 1.82) is 0 Å². The van der Waals surface area contributed by atoms with Crippen LogP contribution in [0, 0.1) is 5.92 Å². The summed E-state index contributed by atoms with van der Waals surface area (Å²) in [7, 11) is 0. The van der Waals surface area contributed by atoms with Gasteiger partial charge in [0.05, 0.1) is 19.3 Å². The van der Waals surface area contributed by atoms with E-state index in [9.17, 15) is 0 Å². The molecule has 0 aromatic carbocycles. The second kappa shape index (κ2) is 5.24. The molecule has 0 saturated carbocycles. The van der Waals surface area contributed by atoms with Gasteiger partial charge < -0.3 is 19.5 Å². The summed E-state index contributed by atoms with van der Waals surface area (Å²) in [6.45, 7) is 6.42. The fraction of sp³-hybridized carbons (Fsp3) is 0.833. The molecular weight excluding hydrogens is 232 g/mol. The maximum atomic E-state index is 5.42. The van der Waals surface area contributed by atoms with Crippen LogP contribution in [0.15, 0.2) is 4.52 Å². The molecule has 100 valence electrons. The monoisotopic (exact) mass is 252 g/mol.